The number of amides is 2. The lowest BCUT2D eigenvalue weighted by atomic mass is 10.1. The van der Waals surface area contributed by atoms with E-state index in [1.807, 2.05) is 30.0 Å². The molecule has 0 bridgehead atoms. The predicted molar refractivity (Wildman–Crippen MR) is 98.7 cm³/mol. The summed E-state index contributed by atoms with van der Waals surface area (Å²) in [5.41, 5.74) is 2.39. The minimum absolute atomic E-state index is 0.0958. The summed E-state index contributed by atoms with van der Waals surface area (Å²) in [6, 6.07) is 11.7. The summed E-state index contributed by atoms with van der Waals surface area (Å²) >= 11 is 0. The maximum atomic E-state index is 12.4. The van der Waals surface area contributed by atoms with Gasteiger partial charge < -0.3 is 10.2 Å². The maximum Gasteiger partial charge on any atom is 0.270 e. The van der Waals surface area contributed by atoms with E-state index in [2.05, 4.69) is 27.4 Å². The Morgan fingerprint density at radius 2 is 2.00 bits per heavy atom. The first kappa shape index (κ1) is 18.0. The third-order valence-electron chi connectivity index (χ3n) is 4.48. The Hall–Kier alpha value is -2.76. The van der Waals surface area contributed by atoms with Gasteiger partial charge in [-0.25, -0.2) is 9.97 Å². The van der Waals surface area contributed by atoms with Crippen molar-refractivity contribution in [3.05, 3.63) is 59.2 Å². The average molecular weight is 352 g/mol. The molecular weight excluding hydrogens is 328 g/mol. The molecule has 0 radical (unpaired) electrons. The molecule has 1 saturated heterocycles. The quantitative estimate of drug-likeness (QED) is 0.863. The summed E-state index contributed by atoms with van der Waals surface area (Å²) in [5, 5.41) is 2.93. The van der Waals surface area contributed by atoms with Gasteiger partial charge in [0.25, 0.3) is 5.91 Å². The van der Waals surface area contributed by atoms with Gasteiger partial charge in [0.15, 0.2) is 0 Å². The van der Waals surface area contributed by atoms with Gasteiger partial charge in [-0.05, 0) is 38.3 Å². The first-order valence-electron chi connectivity index (χ1n) is 8.96. The molecule has 2 aromatic rings. The van der Waals surface area contributed by atoms with Crippen LogP contribution in [0.2, 0.25) is 0 Å². The molecule has 1 aliphatic rings. The highest BCUT2D eigenvalue weighted by molar-refractivity contribution is 5.93. The molecule has 6 nitrogen and oxygen atoms in total. The van der Waals surface area contributed by atoms with Crippen LogP contribution in [0.3, 0.4) is 0 Å². The molecule has 136 valence electrons. The maximum absolute atomic E-state index is 12.4. The molecule has 26 heavy (non-hydrogen) atoms. The van der Waals surface area contributed by atoms with E-state index in [0.717, 1.165) is 18.5 Å². The van der Waals surface area contributed by atoms with Crippen LogP contribution in [0.25, 0.3) is 0 Å². The number of carbonyl (C=O) groups is 2. The second-order valence-electron chi connectivity index (χ2n) is 6.75. The van der Waals surface area contributed by atoms with Gasteiger partial charge in [0.05, 0.1) is 6.04 Å². The van der Waals surface area contributed by atoms with E-state index < -0.39 is 0 Å². The normalized spacial score (nSPS) is 16.8. The molecular formula is C20H24N4O2. The zero-order chi connectivity index (χ0) is 18.5. The highest BCUT2D eigenvalue weighted by atomic mass is 16.2. The van der Waals surface area contributed by atoms with Crippen LogP contribution in [-0.2, 0) is 11.2 Å². The minimum atomic E-state index is -0.248. The van der Waals surface area contributed by atoms with E-state index in [1.54, 1.807) is 13.0 Å². The molecule has 1 aromatic heterocycles. The van der Waals surface area contributed by atoms with Gasteiger partial charge >= 0.3 is 0 Å². The van der Waals surface area contributed by atoms with Crippen molar-refractivity contribution in [2.24, 2.45) is 0 Å². The molecule has 1 aromatic carbocycles. The van der Waals surface area contributed by atoms with Crippen LogP contribution in [0.1, 0.15) is 40.4 Å². The Morgan fingerprint density at radius 1 is 1.23 bits per heavy atom. The van der Waals surface area contributed by atoms with Crippen molar-refractivity contribution >= 4 is 11.8 Å². The third-order valence-corrected chi connectivity index (χ3v) is 4.48. The number of nitrogens with zero attached hydrogens (tertiary/aromatic N) is 3. The molecule has 1 fully saturated rings. The highest BCUT2D eigenvalue weighted by Gasteiger charge is 2.30. The summed E-state index contributed by atoms with van der Waals surface area (Å²) in [4.78, 5) is 34.8. The fourth-order valence-electron chi connectivity index (χ4n) is 3.30. The van der Waals surface area contributed by atoms with Crippen molar-refractivity contribution in [3.8, 4) is 0 Å². The number of likely N-dealkylation sites (tertiary alicyclic amines) is 1. The van der Waals surface area contributed by atoms with Gasteiger partial charge in [0.2, 0.25) is 5.91 Å². The molecule has 1 atom stereocenters. The van der Waals surface area contributed by atoms with Crippen molar-refractivity contribution in [2.45, 2.75) is 39.2 Å². The molecule has 0 spiro atoms. The van der Waals surface area contributed by atoms with Crippen LogP contribution in [0.15, 0.2) is 36.4 Å². The standard InChI is InChI=1S/C20H24N4O2/c1-14-11-18(22-15(2)21-14)20(26)23-17-12-19(25)24(13-17)10-6-9-16-7-4-3-5-8-16/h3-5,7-8,11,17H,6,9-10,12-13H2,1-2H3,(H,23,26). The number of carbonyl (C=O) groups excluding carboxylic acids is 2. The molecule has 2 amide bonds. The van der Waals surface area contributed by atoms with Gasteiger partial charge in [0, 0.05) is 25.2 Å². The fraction of sp³-hybridized carbons (Fsp3) is 0.400. The fourth-order valence-corrected chi connectivity index (χ4v) is 3.30. The largest absolute Gasteiger partial charge is 0.346 e. The second-order valence-corrected chi connectivity index (χ2v) is 6.75. The average Bonchev–Trinajstić information content (AvgIpc) is 2.94. The zero-order valence-electron chi connectivity index (χ0n) is 15.2. The first-order valence-corrected chi connectivity index (χ1v) is 8.96. The first-order chi connectivity index (χ1) is 12.5. The van der Waals surface area contributed by atoms with Crippen LogP contribution in [-0.4, -0.2) is 45.8 Å². The van der Waals surface area contributed by atoms with E-state index in [1.165, 1.54) is 5.56 Å². The van der Waals surface area contributed by atoms with E-state index in [9.17, 15) is 9.59 Å². The molecule has 6 heteroatoms. The lowest BCUT2D eigenvalue weighted by molar-refractivity contribution is -0.127. The Kier molecular flexibility index (Phi) is 5.61. The monoisotopic (exact) mass is 352 g/mol. The number of nitrogens with one attached hydrogen (secondary N) is 1. The van der Waals surface area contributed by atoms with E-state index in [-0.39, 0.29) is 17.9 Å². The molecule has 1 aliphatic heterocycles. The van der Waals surface area contributed by atoms with E-state index >= 15 is 0 Å². The number of benzene rings is 1. The van der Waals surface area contributed by atoms with Crippen molar-refractivity contribution in [1.82, 2.24) is 20.2 Å². The van der Waals surface area contributed by atoms with Gasteiger partial charge in [-0.3, -0.25) is 9.59 Å². The molecule has 0 aliphatic carbocycles. The zero-order valence-corrected chi connectivity index (χ0v) is 15.2. The smallest absolute Gasteiger partial charge is 0.270 e. The topological polar surface area (TPSA) is 75.2 Å². The van der Waals surface area contributed by atoms with Crippen molar-refractivity contribution < 1.29 is 9.59 Å². The van der Waals surface area contributed by atoms with Crippen LogP contribution in [0.5, 0.6) is 0 Å². The number of hydrogen-bond acceptors (Lipinski definition) is 4. The highest BCUT2D eigenvalue weighted by Crippen LogP contribution is 2.13. The Labute approximate surface area is 153 Å². The Balaban J connectivity index is 1.50. The number of aryl methyl sites for hydroxylation is 3. The van der Waals surface area contributed by atoms with Gasteiger partial charge in [0.1, 0.15) is 11.5 Å². The summed E-state index contributed by atoms with van der Waals surface area (Å²) in [7, 11) is 0. The number of hydrogen-bond donors (Lipinski definition) is 1. The summed E-state index contributed by atoms with van der Waals surface area (Å²) in [6.07, 6.45) is 2.21. The van der Waals surface area contributed by atoms with Crippen LogP contribution in [0, 0.1) is 13.8 Å². The van der Waals surface area contributed by atoms with E-state index in [0.29, 0.717) is 31.0 Å². The lowest BCUT2D eigenvalue weighted by Gasteiger charge is -2.17. The molecule has 0 saturated carbocycles. The van der Waals surface area contributed by atoms with Crippen molar-refractivity contribution in [3.63, 3.8) is 0 Å². The summed E-state index contributed by atoms with van der Waals surface area (Å²) in [6.45, 7) is 4.87. The molecule has 3 rings (SSSR count). The third kappa shape index (κ3) is 4.65. The van der Waals surface area contributed by atoms with Crippen LogP contribution >= 0.6 is 0 Å². The summed E-state index contributed by atoms with van der Waals surface area (Å²) in [5.74, 6) is 0.418. The number of aromatic nitrogens is 2. The van der Waals surface area contributed by atoms with Gasteiger partial charge in [-0.1, -0.05) is 30.3 Å². The second kappa shape index (κ2) is 8.08. The molecule has 2 heterocycles. The Bertz CT molecular complexity index is 771. The van der Waals surface area contributed by atoms with Gasteiger partial charge in [-0.2, -0.15) is 0 Å². The SMILES string of the molecule is Cc1cc(C(=O)NC2CC(=O)N(CCCc3ccccc3)C2)nc(C)n1. The minimum Gasteiger partial charge on any atom is -0.346 e. The van der Waals surface area contributed by atoms with Crippen LogP contribution < -0.4 is 5.32 Å². The Morgan fingerprint density at radius 3 is 2.73 bits per heavy atom. The predicted octanol–water partition coefficient (Wildman–Crippen LogP) is 2.06. The van der Waals surface area contributed by atoms with Gasteiger partial charge in [-0.15, -0.1) is 0 Å². The molecule has 1 unspecified atom stereocenters. The van der Waals surface area contributed by atoms with Crippen LogP contribution in [0.4, 0.5) is 0 Å². The lowest BCUT2D eigenvalue weighted by Crippen LogP contribution is -2.37. The molecule has 1 N–H and O–H groups in total. The van der Waals surface area contributed by atoms with Crippen molar-refractivity contribution in [1.29, 1.82) is 0 Å². The van der Waals surface area contributed by atoms with E-state index in [4.69, 9.17) is 0 Å². The number of rotatable bonds is 6. The summed E-state index contributed by atoms with van der Waals surface area (Å²) < 4.78 is 0. The van der Waals surface area contributed by atoms with Crippen molar-refractivity contribution in [2.75, 3.05) is 13.1 Å².